The summed E-state index contributed by atoms with van der Waals surface area (Å²) in [6.07, 6.45) is 5.39. The molecule has 24 heavy (non-hydrogen) atoms. The average molecular weight is 328 g/mol. The Morgan fingerprint density at radius 1 is 1.29 bits per heavy atom. The number of hydrogen-bond acceptors (Lipinski definition) is 5. The number of piperidine rings is 1. The van der Waals surface area contributed by atoms with Gasteiger partial charge in [-0.3, -0.25) is 4.99 Å². The summed E-state index contributed by atoms with van der Waals surface area (Å²) in [5.41, 5.74) is 8.62. The van der Waals surface area contributed by atoms with Crippen LogP contribution in [0.1, 0.15) is 32.6 Å². The highest BCUT2D eigenvalue weighted by Crippen LogP contribution is 2.33. The van der Waals surface area contributed by atoms with E-state index in [1.807, 2.05) is 0 Å². The lowest BCUT2D eigenvalue weighted by molar-refractivity contribution is 0.378. The van der Waals surface area contributed by atoms with Crippen molar-refractivity contribution in [2.24, 2.45) is 10.7 Å². The molecule has 130 valence electrons. The molecule has 4 rings (SSSR count). The fourth-order valence-corrected chi connectivity index (χ4v) is 4.01. The average Bonchev–Trinajstić information content (AvgIpc) is 3.41. The number of amidine groups is 1. The molecule has 5 heteroatoms. The van der Waals surface area contributed by atoms with Crippen molar-refractivity contribution >= 4 is 17.2 Å². The van der Waals surface area contributed by atoms with Crippen LogP contribution in [0.4, 0.5) is 11.4 Å². The summed E-state index contributed by atoms with van der Waals surface area (Å²) in [5, 5.41) is 0. The summed E-state index contributed by atoms with van der Waals surface area (Å²) in [6.45, 7) is 6.45. The monoisotopic (exact) mass is 328 g/mol. The first-order valence-corrected chi connectivity index (χ1v) is 9.33. The van der Waals surface area contributed by atoms with Gasteiger partial charge in [0.2, 0.25) is 0 Å². The van der Waals surface area contributed by atoms with Gasteiger partial charge in [0.25, 0.3) is 0 Å². The van der Waals surface area contributed by atoms with Crippen molar-refractivity contribution in [3.05, 3.63) is 24.3 Å². The van der Waals surface area contributed by atoms with Gasteiger partial charge in [0.05, 0.1) is 12.1 Å². The fourth-order valence-electron chi connectivity index (χ4n) is 4.01. The number of hydrogen-bond donors (Lipinski definition) is 1. The third-order valence-corrected chi connectivity index (χ3v) is 5.44. The standard InChI is InChI=1S/C19H28N4O/c1-2-22(13-14-11-17-18(24-17)19(20)21-14)15-7-6-8-16(12-15)23-9-4-3-5-10-23/h6-8,12,14,17-18H,2-5,9-11,13H2,1H3,(H2,20,21)/t14-,17?,18?/m1/s1. The van der Waals surface area contributed by atoms with Gasteiger partial charge in [-0.2, -0.15) is 0 Å². The Balaban J connectivity index is 1.47. The highest BCUT2D eigenvalue weighted by Gasteiger charge is 2.46. The van der Waals surface area contributed by atoms with Crippen molar-refractivity contribution in [2.45, 2.75) is 50.9 Å². The van der Waals surface area contributed by atoms with Gasteiger partial charge in [-0.25, -0.2) is 0 Å². The van der Waals surface area contributed by atoms with E-state index in [0.29, 0.717) is 11.9 Å². The molecule has 0 saturated carbocycles. The molecule has 2 unspecified atom stereocenters. The van der Waals surface area contributed by atoms with Crippen LogP contribution in [0.25, 0.3) is 0 Å². The number of benzene rings is 1. The summed E-state index contributed by atoms with van der Waals surface area (Å²) >= 11 is 0. The van der Waals surface area contributed by atoms with Gasteiger partial charge in [0.1, 0.15) is 11.9 Å². The van der Waals surface area contributed by atoms with Crippen molar-refractivity contribution in [2.75, 3.05) is 36.0 Å². The van der Waals surface area contributed by atoms with Gasteiger partial charge < -0.3 is 20.3 Å². The molecule has 0 aromatic heterocycles. The molecule has 3 aliphatic heterocycles. The number of epoxide rings is 1. The molecule has 2 fully saturated rings. The largest absolute Gasteiger partial charge is 0.385 e. The quantitative estimate of drug-likeness (QED) is 0.843. The second-order valence-electron chi connectivity index (χ2n) is 7.14. The Labute approximate surface area is 144 Å². The first kappa shape index (κ1) is 15.8. The molecule has 0 aliphatic carbocycles. The first-order valence-electron chi connectivity index (χ1n) is 9.33. The van der Waals surface area contributed by atoms with Crippen LogP contribution in [0, 0.1) is 0 Å². The van der Waals surface area contributed by atoms with E-state index in [9.17, 15) is 0 Å². The molecule has 0 radical (unpaired) electrons. The Bertz CT molecular complexity index is 611. The molecule has 0 spiro atoms. The van der Waals surface area contributed by atoms with Crippen LogP contribution in [0.2, 0.25) is 0 Å². The molecule has 3 aliphatic rings. The molecule has 2 saturated heterocycles. The smallest absolute Gasteiger partial charge is 0.141 e. The second kappa shape index (κ2) is 6.63. The Kier molecular flexibility index (Phi) is 4.35. The summed E-state index contributed by atoms with van der Waals surface area (Å²) in [6, 6.07) is 9.21. The summed E-state index contributed by atoms with van der Waals surface area (Å²) < 4.78 is 5.56. The number of fused-ring (bicyclic) bond motifs is 1. The molecular weight excluding hydrogens is 300 g/mol. The van der Waals surface area contributed by atoms with Crippen LogP contribution < -0.4 is 15.5 Å². The van der Waals surface area contributed by atoms with E-state index in [0.717, 1.165) is 19.5 Å². The molecular formula is C19H28N4O. The van der Waals surface area contributed by atoms with Crippen LogP contribution in [-0.4, -0.2) is 50.3 Å². The normalized spacial score (nSPS) is 29.0. The number of nitrogens with zero attached hydrogens (tertiary/aromatic N) is 3. The SMILES string of the molecule is CCN(C[C@H]1CC2OC2C(N)=N1)c1cccc(N2CCCCC2)c1. The van der Waals surface area contributed by atoms with Gasteiger partial charge in [-0.1, -0.05) is 6.07 Å². The Hall–Kier alpha value is -1.75. The predicted molar refractivity (Wildman–Crippen MR) is 99.1 cm³/mol. The Morgan fingerprint density at radius 3 is 2.88 bits per heavy atom. The maximum atomic E-state index is 5.99. The maximum absolute atomic E-state index is 5.99. The maximum Gasteiger partial charge on any atom is 0.141 e. The van der Waals surface area contributed by atoms with E-state index in [2.05, 4.69) is 46.0 Å². The molecule has 0 bridgehead atoms. The summed E-state index contributed by atoms with van der Waals surface area (Å²) in [5.74, 6) is 0.689. The molecule has 0 amide bonds. The van der Waals surface area contributed by atoms with E-state index in [4.69, 9.17) is 10.5 Å². The van der Waals surface area contributed by atoms with Gasteiger partial charge in [0, 0.05) is 44.0 Å². The third-order valence-electron chi connectivity index (χ3n) is 5.44. The van der Waals surface area contributed by atoms with E-state index >= 15 is 0 Å². The van der Waals surface area contributed by atoms with Crippen LogP contribution in [0.5, 0.6) is 0 Å². The fraction of sp³-hybridized carbons (Fsp3) is 0.632. The van der Waals surface area contributed by atoms with Crippen LogP contribution in [0.15, 0.2) is 29.3 Å². The van der Waals surface area contributed by atoms with Crippen molar-refractivity contribution in [1.82, 2.24) is 0 Å². The highest BCUT2D eigenvalue weighted by molar-refractivity contribution is 5.88. The predicted octanol–water partition coefficient (Wildman–Crippen LogP) is 2.40. The third kappa shape index (κ3) is 3.22. The number of nitrogens with two attached hydrogens (primary N) is 1. The lowest BCUT2D eigenvalue weighted by Crippen LogP contribution is -2.37. The molecule has 2 N–H and O–H groups in total. The lowest BCUT2D eigenvalue weighted by atomic mass is 10.0. The van der Waals surface area contributed by atoms with Crippen molar-refractivity contribution in [3.63, 3.8) is 0 Å². The second-order valence-corrected chi connectivity index (χ2v) is 7.14. The van der Waals surface area contributed by atoms with E-state index < -0.39 is 0 Å². The minimum absolute atomic E-state index is 0.110. The van der Waals surface area contributed by atoms with Crippen LogP contribution in [-0.2, 0) is 4.74 Å². The van der Waals surface area contributed by atoms with Crippen LogP contribution in [0.3, 0.4) is 0 Å². The summed E-state index contributed by atoms with van der Waals surface area (Å²) in [7, 11) is 0. The topological polar surface area (TPSA) is 57.4 Å². The van der Waals surface area contributed by atoms with Gasteiger partial charge >= 0.3 is 0 Å². The van der Waals surface area contributed by atoms with Crippen molar-refractivity contribution in [3.8, 4) is 0 Å². The zero-order valence-electron chi connectivity index (χ0n) is 14.5. The molecule has 1 aromatic rings. The number of anilines is 2. The molecule has 3 atom stereocenters. The van der Waals surface area contributed by atoms with Gasteiger partial charge in [0.15, 0.2) is 0 Å². The minimum Gasteiger partial charge on any atom is -0.385 e. The van der Waals surface area contributed by atoms with Crippen molar-refractivity contribution in [1.29, 1.82) is 0 Å². The number of rotatable bonds is 5. The molecule has 5 nitrogen and oxygen atoms in total. The lowest BCUT2D eigenvalue weighted by Gasteiger charge is -2.31. The minimum atomic E-state index is 0.110. The Morgan fingerprint density at radius 2 is 2.12 bits per heavy atom. The van der Waals surface area contributed by atoms with Crippen LogP contribution >= 0.6 is 0 Å². The number of aliphatic imine (C=N–C) groups is 1. The van der Waals surface area contributed by atoms with Gasteiger partial charge in [-0.15, -0.1) is 0 Å². The van der Waals surface area contributed by atoms with E-state index in [1.54, 1.807) is 0 Å². The molecule has 3 heterocycles. The zero-order valence-corrected chi connectivity index (χ0v) is 14.5. The highest BCUT2D eigenvalue weighted by atomic mass is 16.6. The first-order chi connectivity index (χ1) is 11.7. The van der Waals surface area contributed by atoms with E-state index in [1.165, 1.54) is 43.7 Å². The van der Waals surface area contributed by atoms with Gasteiger partial charge in [-0.05, 0) is 44.4 Å². The summed E-state index contributed by atoms with van der Waals surface area (Å²) in [4.78, 5) is 9.58. The molecule has 1 aromatic carbocycles. The zero-order chi connectivity index (χ0) is 16.5. The number of likely N-dealkylation sites (N-methyl/N-ethyl adjacent to an activating group) is 1. The number of ether oxygens (including phenoxy) is 1. The van der Waals surface area contributed by atoms with Crippen molar-refractivity contribution < 1.29 is 4.74 Å². The van der Waals surface area contributed by atoms with E-state index in [-0.39, 0.29) is 12.1 Å².